The van der Waals surface area contributed by atoms with Gasteiger partial charge in [0.25, 0.3) is 10.0 Å². The van der Waals surface area contributed by atoms with Crippen LogP contribution in [-0.4, -0.2) is 60.5 Å². The first-order chi connectivity index (χ1) is 13.0. The van der Waals surface area contributed by atoms with Gasteiger partial charge in [0.2, 0.25) is 0 Å². The smallest absolute Gasteiger partial charge is 0.269 e. The number of pyridine rings is 2. The second-order valence-electron chi connectivity index (χ2n) is 6.59. The van der Waals surface area contributed by atoms with Crippen molar-refractivity contribution in [3.05, 3.63) is 61.2 Å². The second kappa shape index (κ2) is 7.13. The maximum absolute atomic E-state index is 12.5. The van der Waals surface area contributed by atoms with E-state index in [1.165, 1.54) is 22.6 Å². The van der Waals surface area contributed by atoms with E-state index in [1.54, 1.807) is 30.5 Å². The quantitative estimate of drug-likeness (QED) is 0.686. The summed E-state index contributed by atoms with van der Waals surface area (Å²) < 4.78 is 26.2. The van der Waals surface area contributed by atoms with Crippen molar-refractivity contribution in [3.8, 4) is 11.3 Å². The van der Waals surface area contributed by atoms with Crippen LogP contribution in [0.1, 0.15) is 0 Å². The predicted octanol–water partition coefficient (Wildman–Crippen LogP) is 1.93. The Morgan fingerprint density at radius 3 is 2.37 bits per heavy atom. The maximum Gasteiger partial charge on any atom is 0.269 e. The zero-order chi connectivity index (χ0) is 18.9. The minimum absolute atomic E-state index is 0.163. The van der Waals surface area contributed by atoms with Crippen LogP contribution >= 0.6 is 0 Å². The van der Waals surface area contributed by atoms with Crippen LogP contribution in [0.4, 0.5) is 5.82 Å². The molecule has 0 bridgehead atoms. The Bertz CT molecular complexity index is 1010. The van der Waals surface area contributed by atoms with Gasteiger partial charge in [0.1, 0.15) is 10.7 Å². The largest absolute Gasteiger partial charge is 0.354 e. The third-order valence-electron chi connectivity index (χ3n) is 4.76. The summed E-state index contributed by atoms with van der Waals surface area (Å²) in [5.74, 6) is 0.923. The molecule has 3 aromatic rings. The van der Waals surface area contributed by atoms with Gasteiger partial charge in [-0.05, 0) is 43.4 Å². The molecule has 0 aromatic carbocycles. The first-order valence-electron chi connectivity index (χ1n) is 8.78. The van der Waals surface area contributed by atoms with E-state index in [4.69, 9.17) is 0 Å². The minimum Gasteiger partial charge on any atom is -0.354 e. The van der Waals surface area contributed by atoms with Crippen LogP contribution in [0.25, 0.3) is 11.3 Å². The van der Waals surface area contributed by atoms with Crippen molar-refractivity contribution in [3.63, 3.8) is 0 Å². The lowest BCUT2D eigenvalue weighted by Crippen LogP contribution is -2.44. The van der Waals surface area contributed by atoms with Crippen LogP contribution in [0.3, 0.4) is 0 Å². The maximum atomic E-state index is 12.5. The number of piperazine rings is 1. The third-order valence-corrected chi connectivity index (χ3v) is 6.39. The molecule has 0 unspecified atom stereocenters. The molecule has 4 rings (SSSR count). The van der Waals surface area contributed by atoms with Crippen LogP contribution in [-0.2, 0) is 10.0 Å². The number of hydrogen-bond acceptors (Lipinski definition) is 6. The van der Waals surface area contributed by atoms with E-state index in [9.17, 15) is 8.42 Å². The van der Waals surface area contributed by atoms with Gasteiger partial charge in [-0.2, -0.15) is 0 Å². The van der Waals surface area contributed by atoms with Gasteiger partial charge in [-0.15, -0.1) is 0 Å². The molecule has 8 heteroatoms. The first kappa shape index (κ1) is 17.7. The van der Waals surface area contributed by atoms with E-state index in [0.717, 1.165) is 43.3 Å². The number of hydrogen-bond donors (Lipinski definition) is 0. The molecule has 1 aliphatic rings. The molecular formula is C19H21N5O2S. The van der Waals surface area contributed by atoms with Gasteiger partial charge in [-0.25, -0.2) is 17.4 Å². The molecular weight excluding hydrogens is 362 g/mol. The molecule has 0 radical (unpaired) electrons. The summed E-state index contributed by atoms with van der Waals surface area (Å²) in [5, 5.41) is 0. The van der Waals surface area contributed by atoms with Crippen molar-refractivity contribution in [1.29, 1.82) is 0 Å². The SMILES string of the molecule is CN1CCN(c2cc(-c3ccc(S(=O)(=O)n4cccc4)cn3)ccn2)CC1. The molecule has 0 aliphatic carbocycles. The van der Waals surface area contributed by atoms with E-state index in [-0.39, 0.29) is 4.90 Å². The van der Waals surface area contributed by atoms with Gasteiger partial charge < -0.3 is 9.80 Å². The molecule has 1 aliphatic heterocycles. The first-order valence-corrected chi connectivity index (χ1v) is 10.2. The normalized spacial score (nSPS) is 15.8. The van der Waals surface area contributed by atoms with Gasteiger partial charge in [0, 0.05) is 56.5 Å². The van der Waals surface area contributed by atoms with Gasteiger partial charge in [-0.1, -0.05) is 0 Å². The summed E-state index contributed by atoms with van der Waals surface area (Å²) in [5.41, 5.74) is 1.64. The summed E-state index contributed by atoms with van der Waals surface area (Å²) in [6.45, 7) is 3.90. The van der Waals surface area contributed by atoms with Crippen molar-refractivity contribution in [2.24, 2.45) is 0 Å². The second-order valence-corrected chi connectivity index (χ2v) is 8.43. The van der Waals surface area contributed by atoms with Gasteiger partial charge in [0.05, 0.1) is 5.69 Å². The summed E-state index contributed by atoms with van der Waals surface area (Å²) in [6, 6.07) is 10.6. The number of nitrogens with zero attached hydrogens (tertiary/aromatic N) is 5. The number of aromatic nitrogens is 3. The Labute approximate surface area is 159 Å². The summed E-state index contributed by atoms with van der Waals surface area (Å²) in [6.07, 6.45) is 6.19. The van der Waals surface area contributed by atoms with E-state index in [2.05, 4.69) is 26.8 Å². The Kier molecular flexibility index (Phi) is 4.67. The van der Waals surface area contributed by atoms with E-state index >= 15 is 0 Å². The average Bonchev–Trinajstić information content (AvgIpc) is 3.25. The molecule has 0 spiro atoms. The molecule has 0 N–H and O–H groups in total. The van der Waals surface area contributed by atoms with Crippen LogP contribution in [0, 0.1) is 0 Å². The molecule has 140 valence electrons. The van der Waals surface area contributed by atoms with Crippen molar-refractivity contribution in [1.82, 2.24) is 18.8 Å². The van der Waals surface area contributed by atoms with Gasteiger partial charge >= 0.3 is 0 Å². The molecule has 1 saturated heterocycles. The number of likely N-dealkylation sites (N-methyl/N-ethyl adjacent to an activating group) is 1. The molecule has 1 fully saturated rings. The predicted molar refractivity (Wildman–Crippen MR) is 104 cm³/mol. The van der Waals surface area contributed by atoms with E-state index < -0.39 is 10.0 Å². The van der Waals surface area contributed by atoms with E-state index in [0.29, 0.717) is 0 Å². The van der Waals surface area contributed by atoms with Crippen molar-refractivity contribution in [2.45, 2.75) is 4.90 Å². The van der Waals surface area contributed by atoms with Crippen LogP contribution < -0.4 is 4.90 Å². The monoisotopic (exact) mass is 383 g/mol. The minimum atomic E-state index is -3.60. The highest BCUT2D eigenvalue weighted by atomic mass is 32.2. The molecule has 7 nitrogen and oxygen atoms in total. The summed E-state index contributed by atoms with van der Waals surface area (Å²) >= 11 is 0. The Morgan fingerprint density at radius 2 is 1.70 bits per heavy atom. The van der Waals surface area contributed by atoms with Crippen LogP contribution in [0.5, 0.6) is 0 Å². The molecule has 4 heterocycles. The highest BCUT2D eigenvalue weighted by molar-refractivity contribution is 7.90. The molecule has 0 amide bonds. The standard InChI is InChI=1S/C19H21N5O2S/c1-22-10-12-23(13-11-22)19-14-16(6-7-20-19)18-5-4-17(15-21-18)27(25,26)24-8-2-3-9-24/h2-9,14-15H,10-13H2,1H3. The topological polar surface area (TPSA) is 71.3 Å². The fourth-order valence-corrected chi connectivity index (χ4v) is 4.22. The molecule has 3 aromatic heterocycles. The lowest BCUT2D eigenvalue weighted by molar-refractivity contribution is 0.312. The average molecular weight is 383 g/mol. The number of rotatable bonds is 4. The zero-order valence-corrected chi connectivity index (χ0v) is 15.9. The third kappa shape index (κ3) is 3.58. The van der Waals surface area contributed by atoms with Gasteiger partial charge in [-0.3, -0.25) is 4.98 Å². The van der Waals surface area contributed by atoms with Crippen molar-refractivity contribution in [2.75, 3.05) is 38.1 Å². The van der Waals surface area contributed by atoms with Gasteiger partial charge in [0.15, 0.2) is 0 Å². The van der Waals surface area contributed by atoms with Crippen molar-refractivity contribution < 1.29 is 8.42 Å². The highest BCUT2D eigenvalue weighted by Crippen LogP contribution is 2.23. The fourth-order valence-electron chi connectivity index (χ4n) is 3.09. The Hall–Kier alpha value is -2.71. The summed E-state index contributed by atoms with van der Waals surface area (Å²) in [7, 11) is -1.48. The van der Waals surface area contributed by atoms with E-state index in [1.807, 2.05) is 12.1 Å². The molecule has 0 saturated carbocycles. The molecule has 0 atom stereocenters. The van der Waals surface area contributed by atoms with Crippen LogP contribution in [0.2, 0.25) is 0 Å². The Morgan fingerprint density at radius 1 is 0.963 bits per heavy atom. The fraction of sp³-hybridized carbons (Fsp3) is 0.263. The van der Waals surface area contributed by atoms with Crippen LogP contribution in [0.15, 0.2) is 66.1 Å². The lowest BCUT2D eigenvalue weighted by Gasteiger charge is -2.33. The Balaban J connectivity index is 1.59. The zero-order valence-electron chi connectivity index (χ0n) is 15.1. The lowest BCUT2D eigenvalue weighted by atomic mass is 10.1. The number of anilines is 1. The highest BCUT2D eigenvalue weighted by Gasteiger charge is 2.18. The summed E-state index contributed by atoms with van der Waals surface area (Å²) in [4.78, 5) is 13.6. The molecule has 27 heavy (non-hydrogen) atoms. The van der Waals surface area contributed by atoms with Crippen molar-refractivity contribution >= 4 is 15.8 Å².